The van der Waals surface area contributed by atoms with Gasteiger partial charge in [-0.1, -0.05) is 55.9 Å². The Kier molecular flexibility index (Phi) is 6.71. The molecular formula is C21H24N4O2S. The fourth-order valence-corrected chi connectivity index (χ4v) is 3.62. The van der Waals surface area contributed by atoms with Gasteiger partial charge in [-0.2, -0.15) is 0 Å². The number of hydrogen-bond donors (Lipinski definition) is 1. The van der Waals surface area contributed by atoms with Crippen molar-refractivity contribution in [2.75, 3.05) is 12.9 Å². The third-order valence-electron chi connectivity index (χ3n) is 4.34. The molecule has 0 radical (unpaired) electrons. The second-order valence-corrected chi connectivity index (χ2v) is 7.61. The quantitative estimate of drug-likeness (QED) is 0.585. The molecule has 28 heavy (non-hydrogen) atoms. The van der Waals surface area contributed by atoms with Gasteiger partial charge in [0.1, 0.15) is 12.1 Å². The molecule has 2 aromatic carbocycles. The van der Waals surface area contributed by atoms with Crippen LogP contribution in [0.3, 0.4) is 0 Å². The van der Waals surface area contributed by atoms with Gasteiger partial charge in [-0.25, -0.2) is 0 Å². The molecule has 1 amide bonds. The zero-order valence-electron chi connectivity index (χ0n) is 16.2. The minimum Gasteiger partial charge on any atom is -0.497 e. The highest BCUT2D eigenvalue weighted by Gasteiger charge is 2.19. The van der Waals surface area contributed by atoms with Gasteiger partial charge in [0.15, 0.2) is 5.16 Å². The number of amides is 1. The molecule has 0 saturated heterocycles. The first kappa shape index (κ1) is 19.9. The van der Waals surface area contributed by atoms with Crippen LogP contribution in [-0.2, 0) is 4.79 Å². The van der Waals surface area contributed by atoms with E-state index in [4.69, 9.17) is 4.74 Å². The van der Waals surface area contributed by atoms with E-state index in [-0.39, 0.29) is 23.6 Å². The molecule has 0 fully saturated rings. The fourth-order valence-electron chi connectivity index (χ4n) is 2.88. The Morgan fingerprint density at radius 1 is 1.14 bits per heavy atom. The molecule has 146 valence electrons. The number of methoxy groups -OCH3 is 1. The molecule has 3 aromatic rings. The van der Waals surface area contributed by atoms with E-state index in [9.17, 15) is 4.79 Å². The molecule has 0 aliphatic rings. The average molecular weight is 397 g/mol. The van der Waals surface area contributed by atoms with Crippen molar-refractivity contribution in [3.8, 4) is 11.4 Å². The van der Waals surface area contributed by atoms with Crippen LogP contribution in [0.25, 0.3) is 5.69 Å². The van der Waals surface area contributed by atoms with Gasteiger partial charge in [-0.3, -0.25) is 9.36 Å². The van der Waals surface area contributed by atoms with Gasteiger partial charge in [0.2, 0.25) is 5.91 Å². The summed E-state index contributed by atoms with van der Waals surface area (Å²) in [6.07, 6.45) is 1.66. The minimum atomic E-state index is -0.0639. The molecule has 0 spiro atoms. The largest absolute Gasteiger partial charge is 0.497 e. The molecule has 0 aliphatic carbocycles. The van der Waals surface area contributed by atoms with Crippen molar-refractivity contribution in [2.24, 2.45) is 5.92 Å². The molecule has 6 nitrogen and oxygen atoms in total. The van der Waals surface area contributed by atoms with Crippen LogP contribution in [0.15, 0.2) is 66.1 Å². The predicted octanol–water partition coefficient (Wildman–Crippen LogP) is 3.88. The normalized spacial score (nSPS) is 12.0. The number of nitrogens with zero attached hydrogens (tertiary/aromatic N) is 3. The van der Waals surface area contributed by atoms with E-state index in [1.54, 1.807) is 13.4 Å². The van der Waals surface area contributed by atoms with Crippen LogP contribution < -0.4 is 10.1 Å². The number of ether oxygens (including phenoxy) is 1. The smallest absolute Gasteiger partial charge is 0.230 e. The minimum absolute atomic E-state index is 0.0397. The molecule has 0 saturated carbocycles. The van der Waals surface area contributed by atoms with Gasteiger partial charge in [0, 0.05) is 5.69 Å². The van der Waals surface area contributed by atoms with E-state index in [1.165, 1.54) is 11.8 Å². The molecule has 1 heterocycles. The van der Waals surface area contributed by atoms with E-state index < -0.39 is 0 Å². The maximum atomic E-state index is 12.6. The Bertz CT molecular complexity index is 894. The first-order chi connectivity index (χ1) is 13.6. The summed E-state index contributed by atoms with van der Waals surface area (Å²) in [6, 6.07) is 17.6. The molecule has 3 rings (SSSR count). The Morgan fingerprint density at radius 2 is 1.86 bits per heavy atom. The van der Waals surface area contributed by atoms with Crippen molar-refractivity contribution < 1.29 is 9.53 Å². The summed E-state index contributed by atoms with van der Waals surface area (Å²) >= 11 is 1.37. The summed E-state index contributed by atoms with van der Waals surface area (Å²) < 4.78 is 7.09. The van der Waals surface area contributed by atoms with Crippen molar-refractivity contribution in [3.05, 3.63) is 66.5 Å². The standard InChI is InChI=1S/C21H24N4O2S/c1-15(2)20(16-9-11-18(27-3)12-10-16)23-19(26)13-28-21-24-22-14-25(21)17-7-5-4-6-8-17/h4-12,14-15,20H,13H2,1-3H3,(H,23,26). The molecule has 7 heteroatoms. The number of nitrogens with one attached hydrogen (secondary N) is 1. The first-order valence-corrected chi connectivity index (χ1v) is 10.1. The van der Waals surface area contributed by atoms with Gasteiger partial charge in [0.05, 0.1) is 18.9 Å². The SMILES string of the molecule is COc1ccc(C(NC(=O)CSc2nncn2-c2ccccc2)C(C)C)cc1. The van der Waals surface area contributed by atoms with Crippen molar-refractivity contribution in [1.82, 2.24) is 20.1 Å². The number of carbonyl (C=O) groups excluding carboxylic acids is 1. The van der Waals surface area contributed by atoms with Gasteiger partial charge >= 0.3 is 0 Å². The molecular weight excluding hydrogens is 372 g/mol. The third-order valence-corrected chi connectivity index (χ3v) is 5.28. The number of hydrogen-bond acceptors (Lipinski definition) is 5. The first-order valence-electron chi connectivity index (χ1n) is 9.10. The lowest BCUT2D eigenvalue weighted by Crippen LogP contribution is -2.33. The average Bonchev–Trinajstić information content (AvgIpc) is 3.20. The van der Waals surface area contributed by atoms with Crippen LogP contribution in [-0.4, -0.2) is 33.5 Å². The molecule has 1 aromatic heterocycles. The maximum Gasteiger partial charge on any atom is 0.230 e. The Labute approximate surface area is 169 Å². The number of rotatable bonds is 8. The number of carbonyl (C=O) groups is 1. The lowest BCUT2D eigenvalue weighted by molar-refractivity contribution is -0.119. The molecule has 1 unspecified atom stereocenters. The summed E-state index contributed by atoms with van der Waals surface area (Å²) in [5, 5.41) is 11.9. The van der Waals surface area contributed by atoms with Crippen molar-refractivity contribution in [2.45, 2.75) is 25.0 Å². The van der Waals surface area contributed by atoms with Crippen LogP contribution in [0.2, 0.25) is 0 Å². The van der Waals surface area contributed by atoms with Crippen LogP contribution in [0.4, 0.5) is 0 Å². The third kappa shape index (κ3) is 4.92. The van der Waals surface area contributed by atoms with E-state index in [0.29, 0.717) is 5.16 Å². The zero-order chi connectivity index (χ0) is 19.9. The van der Waals surface area contributed by atoms with Crippen LogP contribution in [0, 0.1) is 5.92 Å². The van der Waals surface area contributed by atoms with Gasteiger partial charge in [-0.15, -0.1) is 10.2 Å². The maximum absolute atomic E-state index is 12.6. The highest BCUT2D eigenvalue weighted by Crippen LogP contribution is 2.25. The molecule has 1 N–H and O–H groups in total. The molecule has 0 aliphatic heterocycles. The lowest BCUT2D eigenvalue weighted by Gasteiger charge is -2.23. The van der Waals surface area contributed by atoms with E-state index in [2.05, 4.69) is 29.4 Å². The number of aromatic nitrogens is 3. The van der Waals surface area contributed by atoms with Crippen LogP contribution in [0.5, 0.6) is 5.75 Å². The van der Waals surface area contributed by atoms with Gasteiger partial charge < -0.3 is 10.1 Å². The number of para-hydroxylation sites is 1. The summed E-state index contributed by atoms with van der Waals surface area (Å²) in [5.74, 6) is 1.29. The van der Waals surface area contributed by atoms with Crippen molar-refractivity contribution in [3.63, 3.8) is 0 Å². The second-order valence-electron chi connectivity index (χ2n) is 6.67. The Morgan fingerprint density at radius 3 is 2.50 bits per heavy atom. The van der Waals surface area contributed by atoms with E-state index in [0.717, 1.165) is 17.0 Å². The van der Waals surface area contributed by atoms with E-state index in [1.807, 2.05) is 59.2 Å². The van der Waals surface area contributed by atoms with E-state index >= 15 is 0 Å². The monoisotopic (exact) mass is 396 g/mol. The van der Waals surface area contributed by atoms with Crippen LogP contribution >= 0.6 is 11.8 Å². The highest BCUT2D eigenvalue weighted by molar-refractivity contribution is 7.99. The number of thioether (sulfide) groups is 1. The topological polar surface area (TPSA) is 69.0 Å². The van der Waals surface area contributed by atoms with Crippen LogP contribution in [0.1, 0.15) is 25.5 Å². The van der Waals surface area contributed by atoms with Crippen molar-refractivity contribution in [1.29, 1.82) is 0 Å². The van der Waals surface area contributed by atoms with Crippen molar-refractivity contribution >= 4 is 17.7 Å². The molecule has 1 atom stereocenters. The predicted molar refractivity (Wildman–Crippen MR) is 111 cm³/mol. The highest BCUT2D eigenvalue weighted by atomic mass is 32.2. The summed E-state index contributed by atoms with van der Waals surface area (Å²) in [4.78, 5) is 12.6. The Hall–Kier alpha value is -2.80. The van der Waals surface area contributed by atoms with Gasteiger partial charge in [0.25, 0.3) is 0 Å². The lowest BCUT2D eigenvalue weighted by atomic mass is 9.96. The second kappa shape index (κ2) is 9.41. The summed E-state index contributed by atoms with van der Waals surface area (Å²) in [6.45, 7) is 4.18. The zero-order valence-corrected chi connectivity index (χ0v) is 17.0. The fraction of sp³-hybridized carbons (Fsp3) is 0.286. The van der Waals surface area contributed by atoms with Gasteiger partial charge in [-0.05, 0) is 35.7 Å². The number of benzene rings is 2. The summed E-state index contributed by atoms with van der Waals surface area (Å²) in [7, 11) is 1.64. The Balaban J connectivity index is 1.64. The summed E-state index contributed by atoms with van der Waals surface area (Å²) in [5.41, 5.74) is 2.02. The molecule has 0 bridgehead atoms.